The SMILES string of the molecule is Cc1ccnc(NCc2ccc(-c3cccnc3)cc2)n1. The fourth-order valence-corrected chi connectivity index (χ4v) is 2.06. The van der Waals surface area contributed by atoms with Gasteiger partial charge in [0.2, 0.25) is 5.95 Å². The molecule has 4 nitrogen and oxygen atoms in total. The van der Waals surface area contributed by atoms with E-state index in [9.17, 15) is 0 Å². The summed E-state index contributed by atoms with van der Waals surface area (Å²) >= 11 is 0. The summed E-state index contributed by atoms with van der Waals surface area (Å²) in [5.74, 6) is 0.659. The highest BCUT2D eigenvalue weighted by Crippen LogP contribution is 2.18. The Bertz CT molecular complexity index is 708. The van der Waals surface area contributed by atoms with Gasteiger partial charge in [-0.15, -0.1) is 0 Å². The van der Waals surface area contributed by atoms with E-state index in [1.54, 1.807) is 12.4 Å². The Hall–Kier alpha value is -2.75. The van der Waals surface area contributed by atoms with Crippen LogP contribution in [0.25, 0.3) is 11.1 Å². The Kier molecular flexibility index (Phi) is 3.87. The highest BCUT2D eigenvalue weighted by Gasteiger charge is 1.99. The standard InChI is InChI=1S/C17H16N4/c1-13-8-10-19-17(21-13)20-11-14-4-6-15(7-5-14)16-3-2-9-18-12-16/h2-10,12H,11H2,1H3,(H,19,20,21). The Morgan fingerprint density at radius 1 is 0.952 bits per heavy atom. The lowest BCUT2D eigenvalue weighted by atomic mass is 10.1. The van der Waals surface area contributed by atoms with E-state index in [4.69, 9.17) is 0 Å². The summed E-state index contributed by atoms with van der Waals surface area (Å²) in [4.78, 5) is 12.7. The highest BCUT2D eigenvalue weighted by atomic mass is 15.1. The van der Waals surface area contributed by atoms with Gasteiger partial charge < -0.3 is 5.32 Å². The van der Waals surface area contributed by atoms with Gasteiger partial charge in [-0.1, -0.05) is 30.3 Å². The molecule has 0 saturated carbocycles. The van der Waals surface area contributed by atoms with Gasteiger partial charge in [-0.3, -0.25) is 4.98 Å². The van der Waals surface area contributed by atoms with Crippen molar-refractivity contribution in [1.29, 1.82) is 0 Å². The van der Waals surface area contributed by atoms with Crippen LogP contribution in [0.2, 0.25) is 0 Å². The first-order chi connectivity index (χ1) is 10.3. The van der Waals surface area contributed by atoms with Crippen molar-refractivity contribution in [3.63, 3.8) is 0 Å². The monoisotopic (exact) mass is 276 g/mol. The number of rotatable bonds is 4. The maximum absolute atomic E-state index is 4.32. The van der Waals surface area contributed by atoms with Gasteiger partial charge in [-0.2, -0.15) is 0 Å². The molecule has 0 saturated heterocycles. The van der Waals surface area contributed by atoms with Crippen molar-refractivity contribution >= 4 is 5.95 Å². The van der Waals surface area contributed by atoms with Crippen molar-refractivity contribution in [2.45, 2.75) is 13.5 Å². The zero-order chi connectivity index (χ0) is 14.5. The minimum absolute atomic E-state index is 0.659. The van der Waals surface area contributed by atoms with E-state index in [1.807, 2.05) is 25.3 Å². The molecule has 0 spiro atoms. The Morgan fingerprint density at radius 2 is 1.81 bits per heavy atom. The van der Waals surface area contributed by atoms with Gasteiger partial charge >= 0.3 is 0 Å². The second-order valence-electron chi connectivity index (χ2n) is 4.81. The number of aryl methyl sites for hydroxylation is 1. The van der Waals surface area contributed by atoms with Gasteiger partial charge in [0.15, 0.2) is 0 Å². The molecule has 0 bridgehead atoms. The summed E-state index contributed by atoms with van der Waals surface area (Å²) in [5, 5.41) is 3.23. The van der Waals surface area contributed by atoms with Crippen LogP contribution in [0.3, 0.4) is 0 Å². The molecule has 2 heterocycles. The minimum Gasteiger partial charge on any atom is -0.350 e. The van der Waals surface area contributed by atoms with Gasteiger partial charge in [0.1, 0.15) is 0 Å². The molecule has 21 heavy (non-hydrogen) atoms. The van der Waals surface area contributed by atoms with Crippen molar-refractivity contribution in [3.05, 3.63) is 72.3 Å². The average molecular weight is 276 g/mol. The van der Waals surface area contributed by atoms with Crippen LogP contribution in [-0.4, -0.2) is 15.0 Å². The van der Waals surface area contributed by atoms with Gasteiger partial charge in [0, 0.05) is 30.8 Å². The number of hydrogen-bond acceptors (Lipinski definition) is 4. The number of benzene rings is 1. The summed E-state index contributed by atoms with van der Waals surface area (Å²) < 4.78 is 0. The average Bonchev–Trinajstić information content (AvgIpc) is 2.54. The predicted octanol–water partition coefficient (Wildman–Crippen LogP) is 3.46. The molecule has 0 aliphatic heterocycles. The number of nitrogens with zero attached hydrogens (tertiary/aromatic N) is 3. The first kappa shape index (κ1) is 13.2. The zero-order valence-corrected chi connectivity index (χ0v) is 11.8. The smallest absolute Gasteiger partial charge is 0.223 e. The summed E-state index contributed by atoms with van der Waals surface area (Å²) in [5.41, 5.74) is 4.44. The van der Waals surface area contributed by atoms with Crippen molar-refractivity contribution in [2.75, 3.05) is 5.32 Å². The van der Waals surface area contributed by atoms with Crippen LogP contribution >= 0.6 is 0 Å². The van der Waals surface area contributed by atoms with E-state index in [0.29, 0.717) is 12.5 Å². The van der Waals surface area contributed by atoms with Crippen LogP contribution in [-0.2, 0) is 6.54 Å². The normalized spacial score (nSPS) is 10.3. The van der Waals surface area contributed by atoms with Gasteiger partial charge in [0.25, 0.3) is 0 Å². The van der Waals surface area contributed by atoms with Gasteiger partial charge in [-0.05, 0) is 35.7 Å². The summed E-state index contributed by atoms with van der Waals surface area (Å²) in [6.07, 6.45) is 5.41. The summed E-state index contributed by atoms with van der Waals surface area (Å²) in [6, 6.07) is 14.3. The molecule has 0 aliphatic carbocycles. The van der Waals surface area contributed by atoms with E-state index < -0.39 is 0 Å². The predicted molar refractivity (Wildman–Crippen MR) is 83.8 cm³/mol. The number of hydrogen-bond donors (Lipinski definition) is 1. The molecule has 2 aromatic heterocycles. The maximum Gasteiger partial charge on any atom is 0.223 e. The molecule has 0 aliphatic rings. The summed E-state index contributed by atoms with van der Waals surface area (Å²) in [6.45, 7) is 2.66. The topological polar surface area (TPSA) is 50.7 Å². The first-order valence-electron chi connectivity index (χ1n) is 6.84. The third kappa shape index (κ3) is 3.42. The molecule has 0 unspecified atom stereocenters. The van der Waals surface area contributed by atoms with Gasteiger partial charge in [-0.25, -0.2) is 9.97 Å². The van der Waals surface area contributed by atoms with E-state index in [0.717, 1.165) is 11.3 Å². The molecule has 0 atom stereocenters. The molecule has 4 heteroatoms. The molecule has 3 rings (SSSR count). The molecular weight excluding hydrogens is 260 g/mol. The van der Waals surface area contributed by atoms with Crippen LogP contribution in [0.5, 0.6) is 0 Å². The lowest BCUT2D eigenvalue weighted by Gasteiger charge is -2.06. The lowest BCUT2D eigenvalue weighted by Crippen LogP contribution is -2.03. The minimum atomic E-state index is 0.659. The number of pyridine rings is 1. The third-order valence-corrected chi connectivity index (χ3v) is 3.19. The molecule has 3 aromatic rings. The fraction of sp³-hybridized carbons (Fsp3) is 0.118. The van der Waals surface area contributed by atoms with Crippen LogP contribution in [0.15, 0.2) is 61.1 Å². The van der Waals surface area contributed by atoms with Crippen molar-refractivity contribution in [3.8, 4) is 11.1 Å². The molecule has 0 fully saturated rings. The van der Waals surface area contributed by atoms with Crippen molar-refractivity contribution in [1.82, 2.24) is 15.0 Å². The third-order valence-electron chi connectivity index (χ3n) is 3.19. The number of nitrogens with one attached hydrogen (secondary N) is 1. The second-order valence-corrected chi connectivity index (χ2v) is 4.81. The maximum atomic E-state index is 4.32. The van der Waals surface area contributed by atoms with Crippen LogP contribution < -0.4 is 5.32 Å². The van der Waals surface area contributed by atoms with E-state index in [2.05, 4.69) is 50.6 Å². The first-order valence-corrected chi connectivity index (χ1v) is 6.84. The van der Waals surface area contributed by atoms with Crippen LogP contribution in [0.1, 0.15) is 11.3 Å². The molecule has 0 amide bonds. The largest absolute Gasteiger partial charge is 0.350 e. The van der Waals surface area contributed by atoms with Crippen LogP contribution in [0, 0.1) is 6.92 Å². The Morgan fingerprint density at radius 3 is 2.52 bits per heavy atom. The molecule has 1 aromatic carbocycles. The number of aromatic nitrogens is 3. The molecule has 0 radical (unpaired) electrons. The van der Waals surface area contributed by atoms with Crippen molar-refractivity contribution < 1.29 is 0 Å². The van der Waals surface area contributed by atoms with Crippen LogP contribution in [0.4, 0.5) is 5.95 Å². The quantitative estimate of drug-likeness (QED) is 0.793. The highest BCUT2D eigenvalue weighted by molar-refractivity contribution is 5.62. The van der Waals surface area contributed by atoms with Crippen molar-refractivity contribution in [2.24, 2.45) is 0 Å². The molecule has 104 valence electrons. The lowest BCUT2D eigenvalue weighted by molar-refractivity contribution is 1.03. The second kappa shape index (κ2) is 6.13. The molecular formula is C17H16N4. The van der Waals surface area contributed by atoms with E-state index >= 15 is 0 Å². The fourth-order valence-electron chi connectivity index (χ4n) is 2.06. The van der Waals surface area contributed by atoms with Gasteiger partial charge in [0.05, 0.1) is 0 Å². The number of anilines is 1. The Labute approximate surface area is 123 Å². The Balaban J connectivity index is 1.68. The van der Waals surface area contributed by atoms with E-state index in [1.165, 1.54) is 11.1 Å². The molecule has 1 N–H and O–H groups in total. The zero-order valence-electron chi connectivity index (χ0n) is 11.8. The summed E-state index contributed by atoms with van der Waals surface area (Å²) in [7, 11) is 0. The van der Waals surface area contributed by atoms with E-state index in [-0.39, 0.29) is 0 Å².